The number of hydrogen-bond donors (Lipinski definition) is 1. The van der Waals surface area contributed by atoms with Gasteiger partial charge in [0.05, 0.1) is 5.69 Å². The third-order valence-corrected chi connectivity index (χ3v) is 2.58. The van der Waals surface area contributed by atoms with Crippen molar-refractivity contribution < 1.29 is 0 Å². The predicted octanol–water partition coefficient (Wildman–Crippen LogP) is 1.68. The normalized spacial score (nSPS) is 10.8. The first-order valence-electron chi connectivity index (χ1n) is 5.83. The topological polar surface area (TPSA) is 69.6 Å². The number of nitrogen functional groups attached to an aromatic ring is 1. The van der Waals surface area contributed by atoms with E-state index >= 15 is 0 Å². The van der Waals surface area contributed by atoms with E-state index in [0.717, 1.165) is 30.1 Å². The third-order valence-electron chi connectivity index (χ3n) is 2.58. The standard InChI is InChI=1S/C12H17N5/c1-4-10-15-11(5-2)17(16-10)12-9(13)6-8(3)7-14-12/h6-7H,4-5,13H2,1-3H3. The Hall–Kier alpha value is -1.91. The predicted molar refractivity (Wildman–Crippen MR) is 67.1 cm³/mol. The maximum atomic E-state index is 5.98. The van der Waals surface area contributed by atoms with Crippen molar-refractivity contribution in [2.45, 2.75) is 33.6 Å². The molecule has 0 aromatic carbocycles. The number of aryl methyl sites for hydroxylation is 3. The number of nitrogens with zero attached hydrogens (tertiary/aromatic N) is 4. The summed E-state index contributed by atoms with van der Waals surface area (Å²) in [4.78, 5) is 8.78. The van der Waals surface area contributed by atoms with E-state index in [1.54, 1.807) is 10.9 Å². The second-order valence-electron chi connectivity index (χ2n) is 3.99. The summed E-state index contributed by atoms with van der Waals surface area (Å²) in [5, 5.41) is 4.42. The maximum Gasteiger partial charge on any atom is 0.178 e. The average Bonchev–Trinajstić information content (AvgIpc) is 2.72. The minimum Gasteiger partial charge on any atom is -0.396 e. The third kappa shape index (κ3) is 2.13. The quantitative estimate of drug-likeness (QED) is 0.872. The zero-order chi connectivity index (χ0) is 12.4. The summed E-state index contributed by atoms with van der Waals surface area (Å²) in [6, 6.07) is 1.90. The molecule has 0 amide bonds. The lowest BCUT2D eigenvalue weighted by Crippen LogP contribution is -2.08. The molecule has 0 saturated heterocycles. The van der Waals surface area contributed by atoms with Crippen LogP contribution in [-0.4, -0.2) is 19.7 Å². The Balaban J connectivity index is 2.55. The molecule has 0 unspecified atom stereocenters. The monoisotopic (exact) mass is 231 g/mol. The van der Waals surface area contributed by atoms with E-state index in [0.29, 0.717) is 11.5 Å². The van der Waals surface area contributed by atoms with Gasteiger partial charge in [-0.1, -0.05) is 13.8 Å². The first-order valence-corrected chi connectivity index (χ1v) is 5.83. The number of rotatable bonds is 3. The molecule has 2 N–H and O–H groups in total. The van der Waals surface area contributed by atoms with Gasteiger partial charge in [0.25, 0.3) is 0 Å². The summed E-state index contributed by atoms with van der Waals surface area (Å²) >= 11 is 0. The Kier molecular flexibility index (Phi) is 3.08. The number of aromatic nitrogens is 4. The summed E-state index contributed by atoms with van der Waals surface area (Å²) in [6.45, 7) is 6.04. The fourth-order valence-corrected chi connectivity index (χ4v) is 1.70. The van der Waals surface area contributed by atoms with Crippen LogP contribution in [0.2, 0.25) is 0 Å². The summed E-state index contributed by atoms with van der Waals surface area (Å²) < 4.78 is 1.74. The van der Waals surface area contributed by atoms with Crippen molar-refractivity contribution in [1.29, 1.82) is 0 Å². The minimum absolute atomic E-state index is 0.632. The summed E-state index contributed by atoms with van der Waals surface area (Å²) in [5.41, 5.74) is 7.65. The Labute approximate surface area is 101 Å². The zero-order valence-electron chi connectivity index (χ0n) is 10.4. The van der Waals surface area contributed by atoms with Gasteiger partial charge in [-0.25, -0.2) is 9.97 Å². The van der Waals surface area contributed by atoms with Crippen LogP contribution < -0.4 is 5.73 Å². The molecule has 0 aliphatic carbocycles. The van der Waals surface area contributed by atoms with E-state index in [9.17, 15) is 0 Å². The van der Waals surface area contributed by atoms with Gasteiger partial charge in [0.1, 0.15) is 5.82 Å². The van der Waals surface area contributed by atoms with Crippen molar-refractivity contribution in [2.24, 2.45) is 0 Å². The molecule has 2 aromatic rings. The Morgan fingerprint density at radius 2 is 2.06 bits per heavy atom. The van der Waals surface area contributed by atoms with Crippen molar-refractivity contribution >= 4 is 5.69 Å². The van der Waals surface area contributed by atoms with Crippen LogP contribution in [0.5, 0.6) is 0 Å². The van der Waals surface area contributed by atoms with Crippen LogP contribution in [0, 0.1) is 6.92 Å². The Morgan fingerprint density at radius 1 is 1.29 bits per heavy atom. The van der Waals surface area contributed by atoms with Crippen molar-refractivity contribution in [1.82, 2.24) is 19.7 Å². The molecule has 17 heavy (non-hydrogen) atoms. The first kappa shape index (κ1) is 11.6. The molecule has 5 nitrogen and oxygen atoms in total. The molecule has 2 rings (SSSR count). The SMILES string of the molecule is CCc1nc(CC)n(-c2ncc(C)cc2N)n1. The van der Waals surface area contributed by atoms with E-state index in [1.807, 2.05) is 26.8 Å². The summed E-state index contributed by atoms with van der Waals surface area (Å²) in [6.07, 6.45) is 3.41. The summed E-state index contributed by atoms with van der Waals surface area (Å²) in [5.74, 6) is 2.38. The molecule has 90 valence electrons. The largest absolute Gasteiger partial charge is 0.396 e. The molecule has 0 bridgehead atoms. The second-order valence-corrected chi connectivity index (χ2v) is 3.99. The number of pyridine rings is 1. The van der Waals surface area contributed by atoms with E-state index in [1.165, 1.54) is 0 Å². The Bertz CT molecular complexity index is 530. The van der Waals surface area contributed by atoms with Crippen LogP contribution >= 0.6 is 0 Å². The zero-order valence-corrected chi connectivity index (χ0v) is 10.4. The van der Waals surface area contributed by atoms with Crippen LogP contribution in [-0.2, 0) is 12.8 Å². The van der Waals surface area contributed by atoms with Crippen molar-refractivity contribution in [3.8, 4) is 5.82 Å². The summed E-state index contributed by atoms with van der Waals surface area (Å²) in [7, 11) is 0. The van der Waals surface area contributed by atoms with E-state index in [2.05, 4.69) is 15.1 Å². The first-order chi connectivity index (χ1) is 8.15. The molecule has 0 saturated carbocycles. The van der Waals surface area contributed by atoms with Crippen molar-refractivity contribution in [3.63, 3.8) is 0 Å². The van der Waals surface area contributed by atoms with Crippen LogP contribution in [0.25, 0.3) is 5.82 Å². The van der Waals surface area contributed by atoms with Gasteiger partial charge in [-0.3, -0.25) is 0 Å². The Morgan fingerprint density at radius 3 is 2.65 bits per heavy atom. The highest BCUT2D eigenvalue weighted by Gasteiger charge is 2.12. The fourth-order valence-electron chi connectivity index (χ4n) is 1.70. The van der Waals surface area contributed by atoms with Gasteiger partial charge in [0, 0.05) is 19.0 Å². The van der Waals surface area contributed by atoms with Gasteiger partial charge >= 0.3 is 0 Å². The van der Waals surface area contributed by atoms with Crippen LogP contribution in [0.15, 0.2) is 12.3 Å². The van der Waals surface area contributed by atoms with Gasteiger partial charge in [-0.2, -0.15) is 4.68 Å². The van der Waals surface area contributed by atoms with Crippen LogP contribution in [0.1, 0.15) is 31.1 Å². The number of hydrogen-bond acceptors (Lipinski definition) is 4. The molecule has 0 spiro atoms. The molecule has 0 atom stereocenters. The van der Waals surface area contributed by atoms with Crippen LogP contribution in [0.3, 0.4) is 0 Å². The maximum absolute atomic E-state index is 5.98. The highest BCUT2D eigenvalue weighted by atomic mass is 15.4. The smallest absolute Gasteiger partial charge is 0.178 e. The molecule has 2 heterocycles. The second kappa shape index (κ2) is 4.53. The van der Waals surface area contributed by atoms with E-state index in [4.69, 9.17) is 5.73 Å². The highest BCUT2D eigenvalue weighted by molar-refractivity contribution is 5.53. The van der Waals surface area contributed by atoms with Gasteiger partial charge < -0.3 is 5.73 Å². The lowest BCUT2D eigenvalue weighted by atomic mass is 10.3. The van der Waals surface area contributed by atoms with Crippen molar-refractivity contribution in [2.75, 3.05) is 5.73 Å². The van der Waals surface area contributed by atoms with Crippen molar-refractivity contribution in [3.05, 3.63) is 29.5 Å². The molecule has 2 aromatic heterocycles. The van der Waals surface area contributed by atoms with Crippen LogP contribution in [0.4, 0.5) is 5.69 Å². The highest BCUT2D eigenvalue weighted by Crippen LogP contribution is 2.16. The molecule has 0 radical (unpaired) electrons. The molecule has 0 aliphatic rings. The van der Waals surface area contributed by atoms with E-state index in [-0.39, 0.29) is 0 Å². The van der Waals surface area contributed by atoms with Gasteiger partial charge in [0.15, 0.2) is 11.6 Å². The van der Waals surface area contributed by atoms with Gasteiger partial charge in [0.2, 0.25) is 0 Å². The molecule has 0 fully saturated rings. The lowest BCUT2D eigenvalue weighted by Gasteiger charge is -2.06. The molecule has 0 aliphatic heterocycles. The fraction of sp³-hybridized carbons (Fsp3) is 0.417. The molecular formula is C12H17N5. The lowest BCUT2D eigenvalue weighted by molar-refractivity contribution is 0.770. The van der Waals surface area contributed by atoms with E-state index < -0.39 is 0 Å². The van der Waals surface area contributed by atoms with Gasteiger partial charge in [-0.15, -0.1) is 5.10 Å². The van der Waals surface area contributed by atoms with Gasteiger partial charge in [-0.05, 0) is 18.6 Å². The number of nitrogens with two attached hydrogens (primary N) is 1. The average molecular weight is 231 g/mol. The number of anilines is 1. The minimum atomic E-state index is 0.632. The molecule has 5 heteroatoms. The molecular weight excluding hydrogens is 214 g/mol.